The molecular weight excluding hydrogens is 450 g/mol. The average molecular weight is 478 g/mol. The summed E-state index contributed by atoms with van der Waals surface area (Å²) in [6.45, 7) is 4.56. The molecule has 2 aromatic heterocycles. The van der Waals surface area contributed by atoms with Crippen molar-refractivity contribution in [1.82, 2.24) is 35.9 Å². The summed E-state index contributed by atoms with van der Waals surface area (Å²) in [7, 11) is 0. The third kappa shape index (κ3) is 3.58. The van der Waals surface area contributed by atoms with E-state index in [1.165, 1.54) is 0 Å². The summed E-state index contributed by atoms with van der Waals surface area (Å²) in [6, 6.07) is 1.82. The fourth-order valence-corrected chi connectivity index (χ4v) is 5.17. The number of anilines is 1. The molecule has 3 fully saturated rings. The van der Waals surface area contributed by atoms with Gasteiger partial charge in [-0.1, -0.05) is 15.9 Å². The highest BCUT2D eigenvalue weighted by Gasteiger charge is 2.38. The second-order valence-electron chi connectivity index (χ2n) is 8.45. The van der Waals surface area contributed by atoms with Crippen LogP contribution >= 0.6 is 15.9 Å². The van der Waals surface area contributed by atoms with Crippen molar-refractivity contribution >= 4 is 33.3 Å². The number of piperidine rings is 1. The van der Waals surface area contributed by atoms with Crippen molar-refractivity contribution in [3.63, 3.8) is 0 Å². The highest BCUT2D eigenvalue weighted by Crippen LogP contribution is 2.32. The summed E-state index contributed by atoms with van der Waals surface area (Å²) >= 11 is 3.50. The number of hydrogen-bond donors (Lipinski definition) is 4. The van der Waals surface area contributed by atoms with E-state index in [1.54, 1.807) is 0 Å². The molecule has 0 aromatic carbocycles. The number of halogens is 1. The van der Waals surface area contributed by atoms with E-state index in [9.17, 15) is 4.79 Å². The lowest BCUT2D eigenvalue weighted by Gasteiger charge is -2.36. The quantitative estimate of drug-likeness (QED) is 0.369. The number of hydrazine groups is 2. The Morgan fingerprint density at radius 1 is 1.27 bits per heavy atom. The summed E-state index contributed by atoms with van der Waals surface area (Å²) in [5.74, 6) is 1.04. The molecule has 3 aliphatic rings. The maximum atomic E-state index is 13.2. The van der Waals surface area contributed by atoms with Gasteiger partial charge in [0, 0.05) is 43.5 Å². The highest BCUT2D eigenvalue weighted by molar-refractivity contribution is 9.09. The molecule has 0 spiro atoms. The van der Waals surface area contributed by atoms with E-state index >= 15 is 0 Å². The predicted octanol–water partition coefficient (Wildman–Crippen LogP) is 0.331. The molecule has 0 saturated carbocycles. The Hall–Kier alpha value is -1.79. The van der Waals surface area contributed by atoms with E-state index in [0.29, 0.717) is 0 Å². The third-order valence-electron chi connectivity index (χ3n) is 6.27. The number of fused-ring (bicyclic) bond motifs is 1. The van der Waals surface area contributed by atoms with Gasteiger partial charge in [-0.15, -0.1) is 0 Å². The molecule has 162 valence electrons. The van der Waals surface area contributed by atoms with Crippen LogP contribution in [0.5, 0.6) is 0 Å². The minimum atomic E-state index is -0.367. The molecule has 2 aromatic rings. The van der Waals surface area contributed by atoms with Crippen LogP contribution in [0.3, 0.4) is 0 Å². The van der Waals surface area contributed by atoms with Crippen LogP contribution in [0.25, 0.3) is 5.65 Å². The van der Waals surface area contributed by atoms with Gasteiger partial charge in [-0.25, -0.2) is 20.4 Å². The molecule has 5 heterocycles. The minimum absolute atomic E-state index is 0.0426. The Morgan fingerprint density at radius 2 is 2.13 bits per heavy atom. The highest BCUT2D eigenvalue weighted by atomic mass is 79.9. The lowest BCUT2D eigenvalue weighted by molar-refractivity contribution is -0.137. The van der Waals surface area contributed by atoms with Crippen LogP contribution in [-0.4, -0.2) is 62.1 Å². The lowest BCUT2D eigenvalue weighted by atomic mass is 9.98. The Balaban J connectivity index is 1.44. The van der Waals surface area contributed by atoms with Gasteiger partial charge in [-0.3, -0.25) is 4.79 Å². The number of carbonyl (C=O) groups excluding carboxylic acids is 1. The summed E-state index contributed by atoms with van der Waals surface area (Å²) in [6.07, 6.45) is 6.01. The first kappa shape index (κ1) is 20.1. The largest absolute Gasteiger partial charge is 0.355 e. The van der Waals surface area contributed by atoms with E-state index in [0.717, 1.165) is 68.0 Å². The van der Waals surface area contributed by atoms with Crippen molar-refractivity contribution in [3.05, 3.63) is 23.5 Å². The predicted molar refractivity (Wildman–Crippen MR) is 117 cm³/mol. The Kier molecular flexibility index (Phi) is 5.40. The third-order valence-corrected chi connectivity index (χ3v) is 7.03. The molecule has 10 nitrogen and oxygen atoms in total. The van der Waals surface area contributed by atoms with Crippen LogP contribution in [0.15, 0.2) is 12.3 Å². The van der Waals surface area contributed by atoms with Gasteiger partial charge in [0.15, 0.2) is 5.65 Å². The molecule has 4 atom stereocenters. The Morgan fingerprint density at radius 3 is 2.87 bits per heavy atom. The molecule has 1 amide bonds. The number of likely N-dealkylation sites (tertiary alicyclic amines) is 1. The first-order valence-electron chi connectivity index (χ1n) is 10.6. The van der Waals surface area contributed by atoms with Gasteiger partial charge in [-0.05, 0) is 32.6 Å². The molecule has 0 radical (unpaired) electrons. The molecule has 5 N–H and O–H groups in total. The number of nitrogens with zero attached hydrogens (tertiary/aromatic N) is 5. The van der Waals surface area contributed by atoms with Gasteiger partial charge in [0.1, 0.15) is 16.8 Å². The first-order chi connectivity index (χ1) is 14.5. The minimum Gasteiger partial charge on any atom is -0.355 e. The molecule has 0 bridgehead atoms. The Bertz CT molecular complexity index is 949. The standard InChI is InChI=1S/C19H28BrN9O/c1-11-9-29-15(22-18(11)27-7-5-12(21)10-27)8-13(25-29)14-4-2-3-6-28(14)19(30)16-17(20)24-26-23-16/h8-9,12,14,16-17,23-24,26H,2-7,10,21H2,1H3/t12-,14-,16?,17?/m0/s1. The smallest absolute Gasteiger partial charge is 0.244 e. The van der Waals surface area contributed by atoms with Crippen LogP contribution in [0.1, 0.15) is 43.0 Å². The van der Waals surface area contributed by atoms with E-state index in [-0.39, 0.29) is 29.0 Å². The zero-order valence-electron chi connectivity index (χ0n) is 17.0. The number of amides is 1. The molecule has 2 unspecified atom stereocenters. The molecule has 5 rings (SSSR count). The molecule has 11 heteroatoms. The van der Waals surface area contributed by atoms with E-state index in [2.05, 4.69) is 44.1 Å². The number of nitrogens with two attached hydrogens (primary N) is 1. The van der Waals surface area contributed by atoms with Gasteiger partial charge in [0.2, 0.25) is 5.91 Å². The summed E-state index contributed by atoms with van der Waals surface area (Å²) in [4.78, 5) is 22.2. The maximum absolute atomic E-state index is 13.2. The second-order valence-corrected chi connectivity index (χ2v) is 9.44. The van der Waals surface area contributed by atoms with E-state index in [4.69, 9.17) is 15.8 Å². The molecule has 30 heavy (non-hydrogen) atoms. The maximum Gasteiger partial charge on any atom is 0.244 e. The number of hydrogen-bond acceptors (Lipinski definition) is 8. The SMILES string of the molecule is Cc1cn2nc([C@@H]3CCCCN3C(=O)C3NNNC3Br)cc2nc1N1CC[C@H](N)C1. The monoisotopic (exact) mass is 477 g/mol. The van der Waals surface area contributed by atoms with Gasteiger partial charge < -0.3 is 15.5 Å². The molecule has 3 saturated heterocycles. The summed E-state index contributed by atoms with van der Waals surface area (Å²) < 4.78 is 1.84. The van der Waals surface area contributed by atoms with Crippen molar-refractivity contribution < 1.29 is 4.79 Å². The number of alkyl halides is 1. The normalized spacial score (nSPS) is 29.8. The zero-order valence-corrected chi connectivity index (χ0v) is 18.6. The fraction of sp³-hybridized carbons (Fsp3) is 0.632. The van der Waals surface area contributed by atoms with Crippen LogP contribution in [0, 0.1) is 6.92 Å². The van der Waals surface area contributed by atoms with Crippen molar-refractivity contribution in [1.29, 1.82) is 0 Å². The molecular formula is C19H28BrN9O. The van der Waals surface area contributed by atoms with Gasteiger partial charge in [-0.2, -0.15) is 10.6 Å². The van der Waals surface area contributed by atoms with Gasteiger partial charge in [0.05, 0.1) is 11.7 Å². The van der Waals surface area contributed by atoms with Crippen LogP contribution in [0.2, 0.25) is 0 Å². The number of nitrogens with one attached hydrogen (secondary N) is 3. The van der Waals surface area contributed by atoms with Crippen molar-refractivity contribution in [3.8, 4) is 0 Å². The summed E-state index contributed by atoms with van der Waals surface area (Å²) in [5.41, 5.74) is 17.7. The summed E-state index contributed by atoms with van der Waals surface area (Å²) in [5, 5.41) is 4.81. The van der Waals surface area contributed by atoms with Crippen LogP contribution in [-0.2, 0) is 4.79 Å². The average Bonchev–Trinajstić information content (AvgIpc) is 3.46. The van der Waals surface area contributed by atoms with Crippen LogP contribution < -0.4 is 27.0 Å². The fourth-order valence-electron chi connectivity index (χ4n) is 4.70. The first-order valence-corrected chi connectivity index (χ1v) is 11.5. The van der Waals surface area contributed by atoms with Crippen molar-refractivity contribution in [2.24, 2.45) is 5.73 Å². The number of aryl methyl sites for hydroxylation is 1. The van der Waals surface area contributed by atoms with E-state index in [1.807, 2.05) is 21.7 Å². The Labute approximate surface area is 183 Å². The van der Waals surface area contributed by atoms with Crippen molar-refractivity contribution in [2.75, 3.05) is 24.5 Å². The van der Waals surface area contributed by atoms with Crippen molar-refractivity contribution in [2.45, 2.75) is 55.7 Å². The van der Waals surface area contributed by atoms with Crippen LogP contribution in [0.4, 0.5) is 5.82 Å². The zero-order chi connectivity index (χ0) is 20.8. The molecule has 3 aliphatic heterocycles. The topological polar surface area (TPSA) is 116 Å². The molecule has 0 aliphatic carbocycles. The lowest BCUT2D eigenvalue weighted by Crippen LogP contribution is -2.50. The number of rotatable bonds is 3. The van der Waals surface area contributed by atoms with E-state index < -0.39 is 0 Å². The van der Waals surface area contributed by atoms with Gasteiger partial charge >= 0.3 is 0 Å². The number of aromatic nitrogens is 3. The number of carbonyl (C=O) groups is 1. The van der Waals surface area contributed by atoms with Gasteiger partial charge in [0.25, 0.3) is 0 Å². The second kappa shape index (κ2) is 8.04.